The third-order valence-corrected chi connectivity index (χ3v) is 5.54. The van der Waals surface area contributed by atoms with Crippen LogP contribution in [0.1, 0.15) is 32.4 Å². The van der Waals surface area contributed by atoms with Gasteiger partial charge < -0.3 is 14.8 Å². The van der Waals surface area contributed by atoms with Gasteiger partial charge in [0.15, 0.2) is 0 Å². The van der Waals surface area contributed by atoms with Gasteiger partial charge in [0, 0.05) is 36.1 Å². The third-order valence-electron chi connectivity index (χ3n) is 4.77. The summed E-state index contributed by atoms with van der Waals surface area (Å²) in [6.45, 7) is 10.5. The van der Waals surface area contributed by atoms with Gasteiger partial charge in [-0.1, -0.05) is 6.07 Å². The van der Waals surface area contributed by atoms with Crippen molar-refractivity contribution in [2.75, 3.05) is 39.7 Å². The zero-order chi connectivity index (χ0) is 16.8. The number of nitrogens with zero attached hydrogens (tertiary/aromatic N) is 1. The lowest BCUT2D eigenvalue weighted by molar-refractivity contribution is 0.0129. The molecule has 130 valence electrons. The average Bonchev–Trinajstić information content (AvgIpc) is 2.60. The molecule has 0 aliphatic carbocycles. The van der Waals surface area contributed by atoms with E-state index in [9.17, 15) is 0 Å². The first kappa shape index (κ1) is 18.6. The minimum absolute atomic E-state index is 0.290. The number of morpholine rings is 1. The van der Waals surface area contributed by atoms with Gasteiger partial charge in [-0.2, -0.15) is 0 Å². The molecule has 0 aromatic heterocycles. The predicted octanol–water partition coefficient (Wildman–Crippen LogP) is 3.18. The summed E-state index contributed by atoms with van der Waals surface area (Å²) < 4.78 is 11.0. The molecule has 4 nitrogen and oxygen atoms in total. The molecular weight excluding hydrogens is 308 g/mol. The summed E-state index contributed by atoms with van der Waals surface area (Å²) in [5.74, 6) is 0.956. The number of rotatable bonds is 7. The highest BCUT2D eigenvalue weighted by Gasteiger charge is 2.23. The molecule has 1 heterocycles. The van der Waals surface area contributed by atoms with Gasteiger partial charge in [0.25, 0.3) is 0 Å². The van der Waals surface area contributed by atoms with Crippen molar-refractivity contribution in [1.82, 2.24) is 10.2 Å². The lowest BCUT2D eigenvalue weighted by Gasteiger charge is -2.37. The highest BCUT2D eigenvalue weighted by molar-refractivity contribution is 7.98. The molecule has 1 fully saturated rings. The standard InChI is InChI=1S/C18H30N2O2S/c1-13(15(3)20-8-10-22-11-9-20)19-14(2)16-6-7-18(23-5)17(12-16)21-4/h6-7,12-15,19H,8-11H2,1-5H3/t13-,14+,15-/m1/s1. The van der Waals surface area contributed by atoms with E-state index in [-0.39, 0.29) is 0 Å². The fraction of sp³-hybridized carbons (Fsp3) is 0.667. The maximum Gasteiger partial charge on any atom is 0.132 e. The first-order valence-corrected chi connectivity index (χ1v) is 9.59. The third kappa shape index (κ3) is 4.86. The Morgan fingerprint density at radius 2 is 1.91 bits per heavy atom. The fourth-order valence-corrected chi connectivity index (χ4v) is 3.60. The highest BCUT2D eigenvalue weighted by atomic mass is 32.2. The smallest absolute Gasteiger partial charge is 0.132 e. The summed E-state index contributed by atoms with van der Waals surface area (Å²) in [5.41, 5.74) is 1.26. The van der Waals surface area contributed by atoms with Gasteiger partial charge in [0.05, 0.1) is 20.3 Å². The summed E-state index contributed by atoms with van der Waals surface area (Å²) in [4.78, 5) is 3.68. The number of hydrogen-bond acceptors (Lipinski definition) is 5. The molecule has 1 aliphatic rings. The van der Waals surface area contributed by atoms with Crippen molar-refractivity contribution in [3.8, 4) is 5.75 Å². The van der Waals surface area contributed by atoms with Crippen molar-refractivity contribution in [1.29, 1.82) is 0 Å². The van der Waals surface area contributed by atoms with Gasteiger partial charge in [-0.25, -0.2) is 0 Å². The Morgan fingerprint density at radius 1 is 1.22 bits per heavy atom. The summed E-state index contributed by atoms with van der Waals surface area (Å²) in [7, 11) is 1.74. The zero-order valence-corrected chi connectivity index (χ0v) is 15.8. The molecule has 23 heavy (non-hydrogen) atoms. The summed E-state index contributed by atoms with van der Waals surface area (Å²) in [5, 5.41) is 3.74. The SMILES string of the molecule is COc1cc([C@H](C)N[C@H](C)[C@@H](C)N2CCOCC2)ccc1SC. The Balaban J connectivity index is 1.98. The van der Waals surface area contributed by atoms with E-state index in [2.05, 4.69) is 55.4 Å². The van der Waals surface area contributed by atoms with Crippen LogP contribution in [0.3, 0.4) is 0 Å². The lowest BCUT2D eigenvalue weighted by atomic mass is 10.0. The quantitative estimate of drug-likeness (QED) is 0.772. The van der Waals surface area contributed by atoms with Gasteiger partial charge in [0.1, 0.15) is 5.75 Å². The van der Waals surface area contributed by atoms with Gasteiger partial charge in [-0.05, 0) is 44.7 Å². The molecular formula is C18H30N2O2S. The van der Waals surface area contributed by atoms with Crippen LogP contribution in [0.4, 0.5) is 0 Å². The Kier molecular flexibility index (Phi) is 7.21. The fourth-order valence-electron chi connectivity index (χ4n) is 3.05. The second kappa shape index (κ2) is 8.92. The molecule has 0 amide bonds. The second-order valence-corrected chi connectivity index (χ2v) is 7.03. The normalized spacial score (nSPS) is 20.0. The highest BCUT2D eigenvalue weighted by Crippen LogP contribution is 2.30. The number of methoxy groups -OCH3 is 1. The second-order valence-electron chi connectivity index (χ2n) is 6.18. The van der Waals surface area contributed by atoms with Gasteiger partial charge in [-0.15, -0.1) is 11.8 Å². The van der Waals surface area contributed by atoms with Crippen LogP contribution < -0.4 is 10.1 Å². The van der Waals surface area contributed by atoms with Crippen LogP contribution >= 0.6 is 11.8 Å². The molecule has 1 aromatic carbocycles. The van der Waals surface area contributed by atoms with E-state index in [0.29, 0.717) is 18.1 Å². The average molecular weight is 339 g/mol. The van der Waals surface area contributed by atoms with Crippen molar-refractivity contribution < 1.29 is 9.47 Å². The maximum absolute atomic E-state index is 5.50. The minimum atomic E-state index is 0.290. The van der Waals surface area contributed by atoms with E-state index in [0.717, 1.165) is 32.1 Å². The molecule has 0 radical (unpaired) electrons. The molecule has 0 unspecified atom stereocenters. The van der Waals surface area contributed by atoms with Crippen LogP contribution in [-0.2, 0) is 4.74 Å². The predicted molar refractivity (Wildman–Crippen MR) is 97.6 cm³/mol. The summed E-state index contributed by atoms with van der Waals surface area (Å²) >= 11 is 1.71. The van der Waals surface area contributed by atoms with Crippen LogP contribution in [0.15, 0.2) is 23.1 Å². The van der Waals surface area contributed by atoms with E-state index < -0.39 is 0 Å². The van der Waals surface area contributed by atoms with Gasteiger partial charge in [-0.3, -0.25) is 4.90 Å². The molecule has 1 aliphatic heterocycles. The number of nitrogens with one attached hydrogen (secondary N) is 1. The van der Waals surface area contributed by atoms with Crippen molar-refractivity contribution in [3.05, 3.63) is 23.8 Å². The van der Waals surface area contributed by atoms with Gasteiger partial charge in [0.2, 0.25) is 0 Å². The molecule has 0 saturated carbocycles. The van der Waals surface area contributed by atoms with Crippen molar-refractivity contribution in [2.24, 2.45) is 0 Å². The van der Waals surface area contributed by atoms with Gasteiger partial charge >= 0.3 is 0 Å². The summed E-state index contributed by atoms with van der Waals surface area (Å²) in [6.07, 6.45) is 2.07. The maximum atomic E-state index is 5.50. The van der Waals surface area contributed by atoms with Crippen LogP contribution in [0.5, 0.6) is 5.75 Å². The molecule has 3 atom stereocenters. The molecule has 1 saturated heterocycles. The molecule has 0 bridgehead atoms. The number of hydrogen-bond donors (Lipinski definition) is 1. The topological polar surface area (TPSA) is 33.7 Å². The van der Waals surface area contributed by atoms with E-state index in [1.807, 2.05) is 0 Å². The van der Waals surface area contributed by atoms with E-state index in [1.165, 1.54) is 10.5 Å². The number of benzene rings is 1. The molecule has 2 rings (SSSR count). The summed E-state index contributed by atoms with van der Waals surface area (Å²) in [6, 6.07) is 7.68. The Bertz CT molecular complexity index is 492. The van der Waals surface area contributed by atoms with Crippen LogP contribution in [0.25, 0.3) is 0 Å². The first-order chi connectivity index (χ1) is 11.1. The van der Waals surface area contributed by atoms with Crippen molar-refractivity contribution in [3.63, 3.8) is 0 Å². The van der Waals surface area contributed by atoms with E-state index in [4.69, 9.17) is 9.47 Å². The first-order valence-electron chi connectivity index (χ1n) is 8.36. The molecule has 1 aromatic rings. The van der Waals surface area contributed by atoms with E-state index in [1.54, 1.807) is 18.9 Å². The van der Waals surface area contributed by atoms with Crippen molar-refractivity contribution in [2.45, 2.75) is 43.8 Å². The van der Waals surface area contributed by atoms with Crippen LogP contribution in [0.2, 0.25) is 0 Å². The molecule has 5 heteroatoms. The zero-order valence-electron chi connectivity index (χ0n) is 15.0. The van der Waals surface area contributed by atoms with Crippen LogP contribution in [-0.4, -0.2) is 56.7 Å². The Morgan fingerprint density at radius 3 is 2.52 bits per heavy atom. The Labute approximate surface area is 144 Å². The number of thioether (sulfide) groups is 1. The lowest BCUT2D eigenvalue weighted by Crippen LogP contribution is -2.51. The Hall–Kier alpha value is -0.750. The van der Waals surface area contributed by atoms with Crippen LogP contribution in [0, 0.1) is 0 Å². The largest absolute Gasteiger partial charge is 0.496 e. The van der Waals surface area contributed by atoms with Crippen molar-refractivity contribution >= 4 is 11.8 Å². The molecule has 0 spiro atoms. The monoisotopic (exact) mass is 338 g/mol. The number of ether oxygens (including phenoxy) is 2. The minimum Gasteiger partial charge on any atom is -0.496 e. The molecule has 1 N–H and O–H groups in total. The van der Waals surface area contributed by atoms with E-state index >= 15 is 0 Å².